The standard InChI is InChI=1S/C17H19N3O3/c1-12-11-19(9-7-14(12)17(22)23)16(21)15-8-10-20(18-15)13-5-3-2-4-6-13/h2-6,8,10,12,14H,7,9,11H2,1H3,(H,22,23). The van der Waals surface area contributed by atoms with Gasteiger partial charge in [0.05, 0.1) is 11.6 Å². The van der Waals surface area contributed by atoms with Gasteiger partial charge < -0.3 is 10.0 Å². The second-order valence-corrected chi connectivity index (χ2v) is 5.94. The second kappa shape index (κ2) is 6.24. The maximum absolute atomic E-state index is 12.6. The summed E-state index contributed by atoms with van der Waals surface area (Å²) in [5.41, 5.74) is 1.28. The molecule has 1 aliphatic heterocycles. The summed E-state index contributed by atoms with van der Waals surface area (Å²) in [7, 11) is 0. The summed E-state index contributed by atoms with van der Waals surface area (Å²) in [5, 5.41) is 13.5. The molecule has 1 aromatic heterocycles. The van der Waals surface area contributed by atoms with Gasteiger partial charge in [0.1, 0.15) is 0 Å². The first-order valence-electron chi connectivity index (χ1n) is 7.69. The van der Waals surface area contributed by atoms with E-state index in [0.717, 1.165) is 5.69 Å². The van der Waals surface area contributed by atoms with Gasteiger partial charge in [-0.2, -0.15) is 5.10 Å². The van der Waals surface area contributed by atoms with Crippen molar-refractivity contribution in [2.24, 2.45) is 11.8 Å². The van der Waals surface area contributed by atoms with Crippen molar-refractivity contribution in [1.82, 2.24) is 14.7 Å². The van der Waals surface area contributed by atoms with Crippen molar-refractivity contribution in [2.45, 2.75) is 13.3 Å². The van der Waals surface area contributed by atoms with E-state index in [1.807, 2.05) is 37.3 Å². The minimum atomic E-state index is -0.780. The molecule has 2 heterocycles. The smallest absolute Gasteiger partial charge is 0.306 e. The zero-order valence-corrected chi connectivity index (χ0v) is 12.9. The van der Waals surface area contributed by atoms with Crippen LogP contribution < -0.4 is 0 Å². The van der Waals surface area contributed by atoms with Crippen LogP contribution in [0.4, 0.5) is 0 Å². The molecule has 0 saturated carbocycles. The van der Waals surface area contributed by atoms with Crippen LogP contribution in [0, 0.1) is 11.8 Å². The summed E-state index contributed by atoms with van der Waals surface area (Å²) in [6.07, 6.45) is 2.25. The van der Waals surface area contributed by atoms with Crippen LogP contribution in [0.1, 0.15) is 23.8 Å². The molecule has 1 aliphatic rings. The van der Waals surface area contributed by atoms with Gasteiger partial charge in [0.15, 0.2) is 5.69 Å². The quantitative estimate of drug-likeness (QED) is 0.941. The predicted molar refractivity (Wildman–Crippen MR) is 84.4 cm³/mol. The number of para-hydroxylation sites is 1. The van der Waals surface area contributed by atoms with Crippen molar-refractivity contribution in [3.63, 3.8) is 0 Å². The Bertz CT molecular complexity index is 711. The number of carbonyl (C=O) groups excluding carboxylic acids is 1. The third kappa shape index (κ3) is 3.11. The molecule has 2 unspecified atom stereocenters. The molecule has 1 saturated heterocycles. The van der Waals surface area contributed by atoms with E-state index in [1.54, 1.807) is 21.8 Å². The third-order valence-corrected chi connectivity index (χ3v) is 4.34. The van der Waals surface area contributed by atoms with E-state index in [1.165, 1.54) is 0 Å². The summed E-state index contributed by atoms with van der Waals surface area (Å²) < 4.78 is 1.67. The predicted octanol–water partition coefficient (Wildman–Crippen LogP) is 2.06. The van der Waals surface area contributed by atoms with Gasteiger partial charge in [0.25, 0.3) is 5.91 Å². The number of hydrogen-bond acceptors (Lipinski definition) is 3. The average molecular weight is 313 g/mol. The lowest BCUT2D eigenvalue weighted by molar-refractivity contribution is -0.145. The number of carbonyl (C=O) groups is 2. The fourth-order valence-corrected chi connectivity index (χ4v) is 3.02. The van der Waals surface area contributed by atoms with Gasteiger partial charge in [-0.1, -0.05) is 25.1 Å². The molecule has 3 rings (SSSR count). The molecule has 120 valence electrons. The van der Waals surface area contributed by atoms with E-state index in [4.69, 9.17) is 5.11 Å². The zero-order chi connectivity index (χ0) is 16.4. The van der Waals surface area contributed by atoms with Crippen molar-refractivity contribution in [3.8, 4) is 5.69 Å². The fraction of sp³-hybridized carbons (Fsp3) is 0.353. The molecular formula is C17H19N3O3. The molecule has 0 radical (unpaired) electrons. The van der Waals surface area contributed by atoms with E-state index >= 15 is 0 Å². The number of amides is 1. The molecule has 1 aromatic carbocycles. The Morgan fingerprint density at radius 1 is 1.22 bits per heavy atom. The minimum absolute atomic E-state index is 0.0543. The molecular weight excluding hydrogens is 294 g/mol. The van der Waals surface area contributed by atoms with Crippen molar-refractivity contribution in [3.05, 3.63) is 48.3 Å². The minimum Gasteiger partial charge on any atom is -0.481 e. The SMILES string of the molecule is CC1CN(C(=O)c2ccn(-c3ccccc3)n2)CCC1C(=O)O. The lowest BCUT2D eigenvalue weighted by Gasteiger charge is -2.34. The van der Waals surface area contributed by atoms with Gasteiger partial charge in [-0.15, -0.1) is 0 Å². The molecule has 1 fully saturated rings. The molecule has 0 bridgehead atoms. The summed E-state index contributed by atoms with van der Waals surface area (Å²) in [6, 6.07) is 11.3. The lowest BCUT2D eigenvalue weighted by atomic mass is 9.87. The number of likely N-dealkylation sites (tertiary alicyclic amines) is 1. The number of aliphatic carboxylic acids is 1. The largest absolute Gasteiger partial charge is 0.481 e. The van der Waals surface area contributed by atoms with Gasteiger partial charge in [0.2, 0.25) is 0 Å². The molecule has 6 nitrogen and oxygen atoms in total. The lowest BCUT2D eigenvalue weighted by Crippen LogP contribution is -2.45. The van der Waals surface area contributed by atoms with Crippen LogP contribution in [0.3, 0.4) is 0 Å². The van der Waals surface area contributed by atoms with Crippen molar-refractivity contribution < 1.29 is 14.7 Å². The van der Waals surface area contributed by atoms with Crippen LogP contribution in [-0.4, -0.2) is 44.8 Å². The first-order chi connectivity index (χ1) is 11.1. The highest BCUT2D eigenvalue weighted by atomic mass is 16.4. The number of hydrogen-bond donors (Lipinski definition) is 1. The normalized spacial score (nSPS) is 21.2. The first-order valence-corrected chi connectivity index (χ1v) is 7.69. The average Bonchev–Trinajstić information content (AvgIpc) is 3.04. The number of benzene rings is 1. The van der Waals surface area contributed by atoms with Crippen LogP contribution in [0.5, 0.6) is 0 Å². The van der Waals surface area contributed by atoms with E-state index in [0.29, 0.717) is 25.2 Å². The number of piperidine rings is 1. The van der Waals surface area contributed by atoms with Crippen LogP contribution in [0.25, 0.3) is 5.69 Å². The van der Waals surface area contributed by atoms with E-state index < -0.39 is 5.97 Å². The van der Waals surface area contributed by atoms with Crippen molar-refractivity contribution in [2.75, 3.05) is 13.1 Å². The molecule has 0 aliphatic carbocycles. The van der Waals surface area contributed by atoms with Gasteiger partial charge in [-0.3, -0.25) is 9.59 Å². The molecule has 1 amide bonds. The Balaban J connectivity index is 1.72. The Hall–Kier alpha value is -2.63. The van der Waals surface area contributed by atoms with Crippen LogP contribution in [0.15, 0.2) is 42.6 Å². The molecule has 0 spiro atoms. The number of carboxylic acid groups (broad SMARTS) is 1. The summed E-state index contributed by atoms with van der Waals surface area (Å²) >= 11 is 0. The number of rotatable bonds is 3. The Morgan fingerprint density at radius 2 is 1.96 bits per heavy atom. The molecule has 1 N–H and O–H groups in total. The first kappa shape index (κ1) is 15.3. The van der Waals surface area contributed by atoms with Crippen molar-refractivity contribution in [1.29, 1.82) is 0 Å². The van der Waals surface area contributed by atoms with E-state index in [2.05, 4.69) is 5.10 Å². The highest BCUT2D eigenvalue weighted by Gasteiger charge is 2.33. The van der Waals surface area contributed by atoms with E-state index in [9.17, 15) is 9.59 Å². The maximum atomic E-state index is 12.6. The maximum Gasteiger partial charge on any atom is 0.306 e. The van der Waals surface area contributed by atoms with Gasteiger partial charge in [0, 0.05) is 19.3 Å². The Labute approximate surface area is 134 Å². The molecule has 23 heavy (non-hydrogen) atoms. The Morgan fingerprint density at radius 3 is 2.61 bits per heavy atom. The van der Waals surface area contributed by atoms with Crippen LogP contribution in [0.2, 0.25) is 0 Å². The summed E-state index contributed by atoms with van der Waals surface area (Å²) in [4.78, 5) is 25.4. The zero-order valence-electron chi connectivity index (χ0n) is 12.9. The Kier molecular flexibility index (Phi) is 4.14. The monoisotopic (exact) mass is 313 g/mol. The van der Waals surface area contributed by atoms with Gasteiger partial charge in [-0.25, -0.2) is 4.68 Å². The third-order valence-electron chi connectivity index (χ3n) is 4.34. The second-order valence-electron chi connectivity index (χ2n) is 5.94. The number of aromatic nitrogens is 2. The van der Waals surface area contributed by atoms with Crippen molar-refractivity contribution >= 4 is 11.9 Å². The summed E-state index contributed by atoms with van der Waals surface area (Å²) in [6.45, 7) is 2.78. The fourth-order valence-electron chi connectivity index (χ4n) is 3.02. The van der Waals surface area contributed by atoms with Crippen LogP contribution >= 0.6 is 0 Å². The molecule has 2 aromatic rings. The van der Waals surface area contributed by atoms with Crippen LogP contribution in [-0.2, 0) is 4.79 Å². The number of nitrogens with zero attached hydrogens (tertiary/aromatic N) is 3. The topological polar surface area (TPSA) is 75.4 Å². The highest BCUT2D eigenvalue weighted by Crippen LogP contribution is 2.24. The molecule has 6 heteroatoms. The number of carboxylic acids is 1. The van der Waals surface area contributed by atoms with E-state index in [-0.39, 0.29) is 17.7 Å². The highest BCUT2D eigenvalue weighted by molar-refractivity contribution is 5.92. The van der Waals surface area contributed by atoms with Gasteiger partial charge >= 0.3 is 5.97 Å². The summed E-state index contributed by atoms with van der Waals surface area (Å²) in [5.74, 6) is -1.35. The van der Waals surface area contributed by atoms with Gasteiger partial charge in [-0.05, 0) is 30.5 Å². The molecule has 2 atom stereocenters.